The molecular weight excluding hydrogens is 281 g/mol. The SMILES string of the molecule is O=C(c1cccs1)N1CCN(C(=O)C(F)(F)F)CC1. The summed E-state index contributed by atoms with van der Waals surface area (Å²) in [7, 11) is 0. The molecular formula is C11H11F3N2O2S. The fourth-order valence-electron chi connectivity index (χ4n) is 1.85. The molecule has 1 fully saturated rings. The Bertz CT molecular complexity index is 465. The van der Waals surface area contributed by atoms with Crippen molar-refractivity contribution < 1.29 is 22.8 Å². The van der Waals surface area contributed by atoms with Crippen LogP contribution in [0.15, 0.2) is 17.5 Å². The highest BCUT2D eigenvalue weighted by atomic mass is 32.1. The zero-order chi connectivity index (χ0) is 14.0. The lowest BCUT2D eigenvalue weighted by Gasteiger charge is -2.34. The molecule has 0 bridgehead atoms. The highest BCUT2D eigenvalue weighted by Gasteiger charge is 2.43. The number of halogens is 3. The smallest absolute Gasteiger partial charge is 0.334 e. The summed E-state index contributed by atoms with van der Waals surface area (Å²) in [4.78, 5) is 25.7. The Labute approximate surface area is 111 Å². The maximum atomic E-state index is 12.2. The van der Waals surface area contributed by atoms with Gasteiger partial charge in [0.1, 0.15) is 0 Å². The first-order chi connectivity index (χ1) is 8.89. The van der Waals surface area contributed by atoms with Gasteiger partial charge in [0.25, 0.3) is 5.91 Å². The monoisotopic (exact) mass is 292 g/mol. The van der Waals surface area contributed by atoms with Crippen LogP contribution in [0.1, 0.15) is 9.67 Å². The zero-order valence-electron chi connectivity index (χ0n) is 9.81. The maximum Gasteiger partial charge on any atom is 0.471 e. The van der Waals surface area contributed by atoms with Crippen LogP contribution >= 0.6 is 11.3 Å². The molecule has 1 aromatic rings. The van der Waals surface area contributed by atoms with Gasteiger partial charge in [-0.25, -0.2) is 0 Å². The molecule has 104 valence electrons. The summed E-state index contributed by atoms with van der Waals surface area (Å²) in [6, 6.07) is 3.40. The van der Waals surface area contributed by atoms with Crippen molar-refractivity contribution in [3.05, 3.63) is 22.4 Å². The van der Waals surface area contributed by atoms with Gasteiger partial charge in [-0.1, -0.05) is 6.07 Å². The lowest BCUT2D eigenvalue weighted by atomic mass is 10.3. The van der Waals surface area contributed by atoms with Crippen LogP contribution < -0.4 is 0 Å². The van der Waals surface area contributed by atoms with Gasteiger partial charge in [0.05, 0.1) is 4.88 Å². The summed E-state index contributed by atoms with van der Waals surface area (Å²) in [6.07, 6.45) is -4.85. The third-order valence-corrected chi connectivity index (χ3v) is 3.69. The van der Waals surface area contributed by atoms with E-state index in [9.17, 15) is 22.8 Å². The van der Waals surface area contributed by atoms with E-state index < -0.39 is 12.1 Å². The number of nitrogens with zero attached hydrogens (tertiary/aromatic N) is 2. The highest BCUT2D eigenvalue weighted by molar-refractivity contribution is 7.12. The van der Waals surface area contributed by atoms with E-state index in [0.29, 0.717) is 4.88 Å². The molecule has 4 nitrogen and oxygen atoms in total. The van der Waals surface area contributed by atoms with Gasteiger partial charge in [-0.3, -0.25) is 9.59 Å². The number of hydrogen-bond acceptors (Lipinski definition) is 3. The molecule has 19 heavy (non-hydrogen) atoms. The third-order valence-electron chi connectivity index (χ3n) is 2.83. The van der Waals surface area contributed by atoms with Crippen LogP contribution in [0, 0.1) is 0 Å². The Kier molecular flexibility index (Phi) is 3.79. The van der Waals surface area contributed by atoms with E-state index >= 15 is 0 Å². The van der Waals surface area contributed by atoms with E-state index in [1.165, 1.54) is 16.2 Å². The molecule has 0 unspecified atom stereocenters. The van der Waals surface area contributed by atoms with Crippen molar-refractivity contribution in [1.29, 1.82) is 0 Å². The molecule has 0 aromatic carbocycles. The molecule has 1 aromatic heterocycles. The molecule has 1 aliphatic rings. The summed E-state index contributed by atoms with van der Waals surface area (Å²) >= 11 is 1.28. The average molecular weight is 292 g/mol. The van der Waals surface area contributed by atoms with Crippen molar-refractivity contribution in [2.45, 2.75) is 6.18 Å². The molecule has 2 rings (SSSR count). The fraction of sp³-hybridized carbons (Fsp3) is 0.455. The lowest BCUT2D eigenvalue weighted by molar-refractivity contribution is -0.186. The van der Waals surface area contributed by atoms with Crippen molar-refractivity contribution in [3.63, 3.8) is 0 Å². The van der Waals surface area contributed by atoms with Crippen LogP contribution in [-0.4, -0.2) is 54.0 Å². The largest absolute Gasteiger partial charge is 0.471 e. The van der Waals surface area contributed by atoms with E-state index in [0.717, 1.165) is 4.90 Å². The number of hydrogen-bond donors (Lipinski definition) is 0. The predicted octanol–water partition coefficient (Wildman–Crippen LogP) is 1.59. The number of piperazine rings is 1. The number of rotatable bonds is 1. The van der Waals surface area contributed by atoms with Gasteiger partial charge >= 0.3 is 12.1 Å². The molecule has 0 aliphatic carbocycles. The van der Waals surface area contributed by atoms with Crippen molar-refractivity contribution in [3.8, 4) is 0 Å². The maximum absolute atomic E-state index is 12.2. The first-order valence-electron chi connectivity index (χ1n) is 5.58. The highest BCUT2D eigenvalue weighted by Crippen LogP contribution is 2.20. The molecule has 2 heterocycles. The van der Waals surface area contributed by atoms with Gasteiger partial charge in [0, 0.05) is 26.2 Å². The van der Waals surface area contributed by atoms with Gasteiger partial charge in [-0.15, -0.1) is 11.3 Å². The Morgan fingerprint density at radius 2 is 1.68 bits per heavy atom. The van der Waals surface area contributed by atoms with E-state index in [1.54, 1.807) is 17.5 Å². The minimum Gasteiger partial charge on any atom is -0.334 e. The topological polar surface area (TPSA) is 40.6 Å². The second kappa shape index (κ2) is 5.20. The number of alkyl halides is 3. The van der Waals surface area contributed by atoms with E-state index in [-0.39, 0.29) is 32.1 Å². The van der Waals surface area contributed by atoms with E-state index in [4.69, 9.17) is 0 Å². The Morgan fingerprint density at radius 3 is 2.16 bits per heavy atom. The van der Waals surface area contributed by atoms with Crippen LogP contribution in [0.5, 0.6) is 0 Å². The summed E-state index contributed by atoms with van der Waals surface area (Å²) in [5.74, 6) is -2.04. The predicted molar refractivity (Wildman–Crippen MR) is 62.9 cm³/mol. The van der Waals surface area contributed by atoms with Gasteiger partial charge in [0.15, 0.2) is 0 Å². The van der Waals surface area contributed by atoms with Gasteiger partial charge in [0.2, 0.25) is 0 Å². The molecule has 8 heteroatoms. The summed E-state index contributed by atoms with van der Waals surface area (Å²) < 4.78 is 36.7. The molecule has 2 amide bonds. The van der Waals surface area contributed by atoms with Crippen LogP contribution in [-0.2, 0) is 4.79 Å². The zero-order valence-corrected chi connectivity index (χ0v) is 10.6. The van der Waals surface area contributed by atoms with Gasteiger partial charge in [-0.05, 0) is 11.4 Å². The van der Waals surface area contributed by atoms with E-state index in [2.05, 4.69) is 0 Å². The van der Waals surface area contributed by atoms with Crippen LogP contribution in [0.4, 0.5) is 13.2 Å². The average Bonchev–Trinajstić information content (AvgIpc) is 2.90. The second-order valence-corrected chi connectivity index (χ2v) is 5.01. The number of thiophene rings is 1. The standard InChI is InChI=1S/C11H11F3N2O2S/c12-11(13,14)10(18)16-5-3-15(4-6-16)9(17)8-2-1-7-19-8/h1-2,7H,3-6H2. The normalized spacial score (nSPS) is 16.6. The van der Waals surface area contributed by atoms with Gasteiger partial charge < -0.3 is 9.80 Å². The first-order valence-corrected chi connectivity index (χ1v) is 6.46. The molecule has 0 spiro atoms. The second-order valence-electron chi connectivity index (χ2n) is 4.06. The molecule has 1 saturated heterocycles. The fourth-order valence-corrected chi connectivity index (χ4v) is 2.54. The van der Waals surface area contributed by atoms with Crippen molar-refractivity contribution in [2.75, 3.05) is 26.2 Å². The number of carbonyl (C=O) groups is 2. The van der Waals surface area contributed by atoms with Crippen LogP contribution in [0.3, 0.4) is 0 Å². The quantitative estimate of drug-likeness (QED) is 0.789. The summed E-state index contributed by atoms with van der Waals surface area (Å²) in [5.41, 5.74) is 0. The Hall–Kier alpha value is -1.57. The first kappa shape index (κ1) is 13.9. The lowest BCUT2D eigenvalue weighted by Crippen LogP contribution is -2.53. The van der Waals surface area contributed by atoms with Crippen LogP contribution in [0.25, 0.3) is 0 Å². The Morgan fingerprint density at radius 1 is 1.11 bits per heavy atom. The van der Waals surface area contributed by atoms with Crippen molar-refractivity contribution >= 4 is 23.2 Å². The Balaban J connectivity index is 1.93. The summed E-state index contributed by atoms with van der Waals surface area (Å²) in [5, 5.41) is 1.76. The van der Waals surface area contributed by atoms with Crippen molar-refractivity contribution in [2.24, 2.45) is 0 Å². The number of carbonyl (C=O) groups excluding carboxylic acids is 2. The third kappa shape index (κ3) is 3.06. The van der Waals surface area contributed by atoms with E-state index in [1.807, 2.05) is 0 Å². The minimum absolute atomic E-state index is 0.0878. The molecule has 1 aliphatic heterocycles. The van der Waals surface area contributed by atoms with Crippen LogP contribution in [0.2, 0.25) is 0 Å². The minimum atomic E-state index is -4.85. The molecule has 0 atom stereocenters. The van der Waals surface area contributed by atoms with Gasteiger partial charge in [-0.2, -0.15) is 13.2 Å². The molecule has 0 N–H and O–H groups in total. The number of amides is 2. The summed E-state index contributed by atoms with van der Waals surface area (Å²) in [6.45, 7) is 0.0715. The molecule has 0 radical (unpaired) electrons. The van der Waals surface area contributed by atoms with Crippen molar-refractivity contribution in [1.82, 2.24) is 9.80 Å². The molecule has 0 saturated carbocycles.